The van der Waals surface area contributed by atoms with E-state index in [4.69, 9.17) is 4.74 Å². The smallest absolute Gasteiger partial charge is 0.251 e. The van der Waals surface area contributed by atoms with Gasteiger partial charge in [0.15, 0.2) is 0 Å². The van der Waals surface area contributed by atoms with E-state index in [-0.39, 0.29) is 24.1 Å². The molecule has 2 aliphatic heterocycles. The molecule has 2 saturated heterocycles. The number of hydrogen-bond donors (Lipinski definition) is 2. The van der Waals surface area contributed by atoms with Crippen molar-refractivity contribution in [1.29, 1.82) is 0 Å². The first-order valence-corrected chi connectivity index (χ1v) is 9.13. The van der Waals surface area contributed by atoms with E-state index in [0.29, 0.717) is 19.2 Å². The molecule has 0 radical (unpaired) electrons. The lowest BCUT2D eigenvalue weighted by molar-refractivity contribution is -0.148. The van der Waals surface area contributed by atoms with Crippen molar-refractivity contribution in [1.82, 2.24) is 15.8 Å². The lowest BCUT2D eigenvalue weighted by Crippen LogP contribution is -2.50. The summed E-state index contributed by atoms with van der Waals surface area (Å²) in [5.74, 6) is 0.148. The van der Waals surface area contributed by atoms with E-state index in [1.54, 1.807) is 0 Å². The predicted molar refractivity (Wildman–Crippen MR) is 94.3 cm³/mol. The van der Waals surface area contributed by atoms with Crippen LogP contribution in [0.5, 0.6) is 0 Å². The lowest BCUT2D eigenvalue weighted by atomic mass is 10.0. The van der Waals surface area contributed by atoms with E-state index in [9.17, 15) is 4.79 Å². The molecule has 3 unspecified atom stereocenters. The van der Waals surface area contributed by atoms with Gasteiger partial charge < -0.3 is 9.64 Å². The Kier molecular flexibility index (Phi) is 5.87. The molecule has 2 heterocycles. The molecule has 0 bridgehead atoms. The first kappa shape index (κ1) is 17.4. The molecule has 1 aromatic carbocycles. The Morgan fingerprint density at radius 2 is 2.04 bits per heavy atom. The molecule has 0 aliphatic carbocycles. The fourth-order valence-corrected chi connectivity index (χ4v) is 3.56. The van der Waals surface area contributed by atoms with Gasteiger partial charge in [-0.25, -0.2) is 5.43 Å². The predicted octanol–water partition coefficient (Wildman–Crippen LogP) is 2.40. The topological polar surface area (TPSA) is 53.6 Å². The van der Waals surface area contributed by atoms with E-state index < -0.39 is 0 Å². The van der Waals surface area contributed by atoms with E-state index in [1.807, 2.05) is 11.0 Å². The molecule has 1 aromatic rings. The van der Waals surface area contributed by atoms with Crippen molar-refractivity contribution in [3.05, 3.63) is 35.9 Å². The molecule has 0 spiro atoms. The molecular weight excluding hydrogens is 302 g/mol. The van der Waals surface area contributed by atoms with Gasteiger partial charge >= 0.3 is 0 Å². The largest absolute Gasteiger partial charge is 0.368 e. The SMILES string of the molecule is CC(C)N(CC1CC(c2ccccc2)NN1)C(=O)C1CCCCO1. The third-order valence-electron chi connectivity index (χ3n) is 4.96. The quantitative estimate of drug-likeness (QED) is 0.870. The summed E-state index contributed by atoms with van der Waals surface area (Å²) in [5.41, 5.74) is 8.01. The van der Waals surface area contributed by atoms with Gasteiger partial charge in [-0.15, -0.1) is 0 Å². The van der Waals surface area contributed by atoms with Crippen molar-refractivity contribution in [3.8, 4) is 0 Å². The zero-order chi connectivity index (χ0) is 16.9. The molecule has 3 rings (SSSR count). The summed E-state index contributed by atoms with van der Waals surface area (Å²) < 4.78 is 5.70. The van der Waals surface area contributed by atoms with Crippen LogP contribution in [-0.4, -0.2) is 42.1 Å². The van der Waals surface area contributed by atoms with E-state index in [0.717, 1.165) is 25.7 Å². The molecule has 5 nitrogen and oxygen atoms in total. The maximum atomic E-state index is 12.8. The van der Waals surface area contributed by atoms with Crippen molar-refractivity contribution in [2.45, 2.75) is 63.8 Å². The Bertz CT molecular complexity index is 529. The molecule has 24 heavy (non-hydrogen) atoms. The van der Waals surface area contributed by atoms with Crippen molar-refractivity contribution < 1.29 is 9.53 Å². The fourth-order valence-electron chi connectivity index (χ4n) is 3.56. The van der Waals surface area contributed by atoms with Crippen LogP contribution in [0.25, 0.3) is 0 Å². The highest BCUT2D eigenvalue weighted by molar-refractivity contribution is 5.81. The van der Waals surface area contributed by atoms with Gasteiger partial charge in [0.2, 0.25) is 0 Å². The molecule has 2 N–H and O–H groups in total. The molecule has 1 amide bonds. The number of hydrogen-bond acceptors (Lipinski definition) is 4. The first-order valence-electron chi connectivity index (χ1n) is 9.13. The fraction of sp³-hybridized carbons (Fsp3) is 0.632. The number of carbonyl (C=O) groups excluding carboxylic acids is 1. The van der Waals surface area contributed by atoms with E-state index in [2.05, 4.69) is 49.0 Å². The zero-order valence-electron chi connectivity index (χ0n) is 14.7. The van der Waals surface area contributed by atoms with Crippen molar-refractivity contribution in [2.75, 3.05) is 13.2 Å². The second kappa shape index (κ2) is 8.10. The van der Waals surface area contributed by atoms with Gasteiger partial charge in [0.25, 0.3) is 5.91 Å². The van der Waals surface area contributed by atoms with Gasteiger partial charge in [-0.05, 0) is 45.1 Å². The summed E-state index contributed by atoms with van der Waals surface area (Å²) in [6.45, 7) is 5.59. The highest BCUT2D eigenvalue weighted by Crippen LogP contribution is 2.23. The van der Waals surface area contributed by atoms with Gasteiger partial charge in [-0.2, -0.15) is 0 Å². The minimum Gasteiger partial charge on any atom is -0.368 e. The van der Waals surface area contributed by atoms with Crippen LogP contribution in [0.1, 0.15) is 51.1 Å². The number of ether oxygens (including phenoxy) is 1. The zero-order valence-corrected chi connectivity index (χ0v) is 14.7. The van der Waals surface area contributed by atoms with Crippen molar-refractivity contribution in [2.24, 2.45) is 0 Å². The second-order valence-corrected chi connectivity index (χ2v) is 7.12. The summed E-state index contributed by atoms with van der Waals surface area (Å²) in [6.07, 6.45) is 3.73. The van der Waals surface area contributed by atoms with Crippen LogP contribution in [0.3, 0.4) is 0 Å². The van der Waals surface area contributed by atoms with Crippen LogP contribution < -0.4 is 10.9 Å². The Morgan fingerprint density at radius 3 is 2.71 bits per heavy atom. The van der Waals surface area contributed by atoms with Gasteiger partial charge in [0.1, 0.15) is 6.10 Å². The standard InChI is InChI=1S/C19H29N3O2/c1-14(2)22(19(23)18-10-6-7-11-24-18)13-16-12-17(21-20-16)15-8-4-3-5-9-15/h3-5,8-9,14,16-18,20-21H,6-7,10-13H2,1-2H3. The van der Waals surface area contributed by atoms with Gasteiger partial charge in [0.05, 0.1) is 0 Å². The molecule has 5 heteroatoms. The summed E-state index contributed by atoms with van der Waals surface area (Å²) >= 11 is 0. The van der Waals surface area contributed by atoms with E-state index in [1.165, 1.54) is 5.56 Å². The summed E-state index contributed by atoms with van der Waals surface area (Å²) in [6, 6.07) is 11.2. The lowest BCUT2D eigenvalue weighted by Gasteiger charge is -2.33. The van der Waals surface area contributed by atoms with E-state index >= 15 is 0 Å². The number of hydrazine groups is 1. The monoisotopic (exact) mass is 331 g/mol. The number of nitrogens with one attached hydrogen (secondary N) is 2. The Hall–Kier alpha value is -1.43. The third-order valence-corrected chi connectivity index (χ3v) is 4.96. The number of nitrogens with zero attached hydrogens (tertiary/aromatic N) is 1. The average molecular weight is 331 g/mol. The van der Waals surface area contributed by atoms with Crippen LogP contribution in [0.2, 0.25) is 0 Å². The number of rotatable bonds is 5. The van der Waals surface area contributed by atoms with Crippen LogP contribution >= 0.6 is 0 Å². The minimum absolute atomic E-state index is 0.148. The molecular formula is C19H29N3O2. The van der Waals surface area contributed by atoms with Crippen LogP contribution in [0.15, 0.2) is 30.3 Å². The number of amides is 1. The van der Waals surface area contributed by atoms with Gasteiger partial charge in [0, 0.05) is 31.3 Å². The summed E-state index contributed by atoms with van der Waals surface area (Å²) in [5, 5.41) is 0. The van der Waals surface area contributed by atoms with Crippen molar-refractivity contribution >= 4 is 5.91 Å². The van der Waals surface area contributed by atoms with Crippen LogP contribution in [-0.2, 0) is 9.53 Å². The molecule has 2 aliphatic rings. The maximum absolute atomic E-state index is 12.8. The molecule has 3 atom stereocenters. The highest BCUT2D eigenvalue weighted by atomic mass is 16.5. The number of carbonyl (C=O) groups is 1. The maximum Gasteiger partial charge on any atom is 0.251 e. The van der Waals surface area contributed by atoms with Gasteiger partial charge in [-0.1, -0.05) is 30.3 Å². The average Bonchev–Trinajstić information content (AvgIpc) is 3.09. The Labute approximate surface area is 144 Å². The number of benzene rings is 1. The van der Waals surface area contributed by atoms with Crippen LogP contribution in [0, 0.1) is 0 Å². The molecule has 0 saturated carbocycles. The molecule has 0 aromatic heterocycles. The second-order valence-electron chi connectivity index (χ2n) is 7.12. The summed E-state index contributed by atoms with van der Waals surface area (Å²) in [4.78, 5) is 14.8. The summed E-state index contributed by atoms with van der Waals surface area (Å²) in [7, 11) is 0. The highest BCUT2D eigenvalue weighted by Gasteiger charge is 2.32. The molecule has 132 valence electrons. The van der Waals surface area contributed by atoms with Crippen molar-refractivity contribution in [3.63, 3.8) is 0 Å². The molecule has 2 fully saturated rings. The van der Waals surface area contributed by atoms with Crippen LogP contribution in [0.4, 0.5) is 0 Å². The Balaban J connectivity index is 1.59. The van der Waals surface area contributed by atoms with Gasteiger partial charge in [-0.3, -0.25) is 10.2 Å². The first-order chi connectivity index (χ1) is 11.6. The minimum atomic E-state index is -0.250. The third kappa shape index (κ3) is 4.15. The normalized spacial score (nSPS) is 27.4. The Morgan fingerprint density at radius 1 is 1.25 bits per heavy atom.